The minimum atomic E-state index is -1.16. The fourth-order valence-corrected chi connectivity index (χ4v) is 3.43. The Bertz CT molecular complexity index is 1030. The van der Waals surface area contributed by atoms with Crippen LogP contribution < -0.4 is 27.0 Å². The number of aliphatic hydroxyl groups is 1. The second-order valence-electron chi connectivity index (χ2n) is 10.3. The van der Waals surface area contributed by atoms with Gasteiger partial charge in [-0.2, -0.15) is 0 Å². The summed E-state index contributed by atoms with van der Waals surface area (Å²) in [6.45, 7) is 8.94. The van der Waals surface area contributed by atoms with Crippen LogP contribution in [0.1, 0.15) is 58.6 Å². The van der Waals surface area contributed by atoms with Crippen LogP contribution in [0.2, 0.25) is 0 Å². The van der Waals surface area contributed by atoms with Crippen molar-refractivity contribution in [2.24, 2.45) is 11.7 Å². The molecule has 12 heteroatoms. The first-order chi connectivity index (χ1) is 18.3. The molecule has 0 fully saturated rings. The van der Waals surface area contributed by atoms with Crippen molar-refractivity contribution in [3.63, 3.8) is 0 Å². The third-order valence-corrected chi connectivity index (χ3v) is 5.26. The lowest BCUT2D eigenvalue weighted by molar-refractivity contribution is -0.134. The molecule has 1 aromatic rings. The largest absolute Gasteiger partial charge is 0.436 e. The third-order valence-electron chi connectivity index (χ3n) is 5.26. The summed E-state index contributed by atoms with van der Waals surface area (Å²) in [4.78, 5) is 49.7. The maximum Gasteiger partial charge on any atom is 0.408 e. The van der Waals surface area contributed by atoms with Gasteiger partial charge in [-0.05, 0) is 62.8 Å². The van der Waals surface area contributed by atoms with E-state index in [2.05, 4.69) is 27.2 Å². The molecule has 0 aliphatic heterocycles. The van der Waals surface area contributed by atoms with E-state index in [-0.39, 0.29) is 38.7 Å². The predicted octanol–water partition coefficient (Wildman–Crippen LogP) is 1.75. The fraction of sp³-hybridized carbons (Fsp3) is 0.556. The zero-order valence-electron chi connectivity index (χ0n) is 23.3. The number of ether oxygens (including phenoxy) is 2. The number of carbonyl (C=O) groups is 4. The smallest absolute Gasteiger partial charge is 0.408 e. The van der Waals surface area contributed by atoms with Crippen LogP contribution in [0.5, 0.6) is 0 Å². The minimum Gasteiger partial charge on any atom is -0.436 e. The first-order valence-electron chi connectivity index (χ1n) is 12.6. The molecule has 216 valence electrons. The number of nitrogens with two attached hydrogens (primary N) is 1. The first-order valence-corrected chi connectivity index (χ1v) is 12.6. The Balaban J connectivity index is 3.07. The molecule has 0 aliphatic carbocycles. The Morgan fingerprint density at radius 1 is 1.13 bits per heavy atom. The number of anilines is 1. The molecule has 1 aromatic carbocycles. The van der Waals surface area contributed by atoms with Gasteiger partial charge in [0.1, 0.15) is 12.6 Å². The highest BCUT2D eigenvalue weighted by atomic mass is 16.6. The molecular formula is C27H41N5O7. The van der Waals surface area contributed by atoms with Crippen molar-refractivity contribution < 1.29 is 33.8 Å². The summed E-state index contributed by atoms with van der Waals surface area (Å²) in [5, 5.41) is 20.1. The van der Waals surface area contributed by atoms with Gasteiger partial charge in [-0.25, -0.2) is 9.59 Å². The number of nitrogens with one attached hydrogen (secondary N) is 4. The zero-order chi connectivity index (χ0) is 29.6. The maximum absolute atomic E-state index is 13.2. The zero-order valence-corrected chi connectivity index (χ0v) is 23.3. The molecule has 0 aliphatic rings. The van der Waals surface area contributed by atoms with Crippen LogP contribution in [0.15, 0.2) is 18.2 Å². The molecule has 7 N–H and O–H groups in total. The topological polar surface area (TPSA) is 181 Å². The van der Waals surface area contributed by atoms with Crippen LogP contribution in [-0.4, -0.2) is 59.9 Å². The lowest BCUT2D eigenvalue weighted by Gasteiger charge is -2.27. The highest BCUT2D eigenvalue weighted by Gasteiger charge is 2.31. The summed E-state index contributed by atoms with van der Waals surface area (Å²) in [7, 11) is 0. The number of hydrogen-bond donors (Lipinski definition) is 6. The van der Waals surface area contributed by atoms with E-state index in [0.29, 0.717) is 23.2 Å². The number of terminal acetylenes is 1. The lowest BCUT2D eigenvalue weighted by Crippen LogP contribution is -2.51. The van der Waals surface area contributed by atoms with E-state index in [1.54, 1.807) is 52.8 Å². The molecule has 0 saturated carbocycles. The van der Waals surface area contributed by atoms with Crippen molar-refractivity contribution in [2.45, 2.75) is 78.4 Å². The first kappa shape index (κ1) is 33.2. The second kappa shape index (κ2) is 16.2. The number of amides is 5. The van der Waals surface area contributed by atoms with Gasteiger partial charge >= 0.3 is 12.1 Å². The van der Waals surface area contributed by atoms with Gasteiger partial charge in [-0.15, -0.1) is 6.42 Å². The number of urea groups is 1. The molecule has 0 spiro atoms. The Morgan fingerprint density at radius 2 is 1.82 bits per heavy atom. The van der Waals surface area contributed by atoms with Crippen LogP contribution in [0.25, 0.3) is 0 Å². The Morgan fingerprint density at radius 3 is 2.38 bits per heavy atom. The van der Waals surface area contributed by atoms with Crippen LogP contribution in [0.4, 0.5) is 15.3 Å². The van der Waals surface area contributed by atoms with Gasteiger partial charge in [0, 0.05) is 17.8 Å². The molecule has 0 saturated heterocycles. The van der Waals surface area contributed by atoms with Gasteiger partial charge in [-0.3, -0.25) is 9.59 Å². The maximum atomic E-state index is 13.2. The molecule has 0 radical (unpaired) electrons. The van der Waals surface area contributed by atoms with E-state index in [4.69, 9.17) is 21.6 Å². The van der Waals surface area contributed by atoms with Crippen molar-refractivity contribution >= 4 is 29.6 Å². The molecule has 0 bridgehead atoms. The van der Waals surface area contributed by atoms with Crippen molar-refractivity contribution in [2.75, 3.05) is 18.5 Å². The second-order valence-corrected chi connectivity index (χ2v) is 10.3. The minimum absolute atomic E-state index is 0.0851. The van der Waals surface area contributed by atoms with Crippen LogP contribution in [-0.2, 0) is 32.3 Å². The molecule has 2 atom stereocenters. The Kier molecular flexibility index (Phi) is 13.8. The molecule has 0 unspecified atom stereocenters. The average Bonchev–Trinajstić information content (AvgIpc) is 2.83. The molecule has 1 rings (SSSR count). The summed E-state index contributed by atoms with van der Waals surface area (Å²) in [6.07, 6.45) is 3.78. The molecule has 0 aromatic heterocycles. The van der Waals surface area contributed by atoms with E-state index in [0.717, 1.165) is 0 Å². The van der Waals surface area contributed by atoms with Crippen molar-refractivity contribution in [1.29, 1.82) is 0 Å². The summed E-state index contributed by atoms with van der Waals surface area (Å²) in [5.41, 5.74) is 6.19. The van der Waals surface area contributed by atoms with Crippen LogP contribution in [0, 0.1) is 18.3 Å². The number of carbonyl (C=O) groups excluding carboxylic acids is 4. The predicted molar refractivity (Wildman–Crippen MR) is 146 cm³/mol. The van der Waals surface area contributed by atoms with Crippen LogP contribution in [0.3, 0.4) is 0 Å². The van der Waals surface area contributed by atoms with Crippen molar-refractivity contribution in [1.82, 2.24) is 16.0 Å². The SMILES string of the molecule is C#CCOCc1cc(NC(=O)[C@H](CCCNC(N)=O)NC(=O)[C@@H](OC(=O)NC(C)(C)C)C(C)C)ccc1CO. The monoisotopic (exact) mass is 547 g/mol. The standard InChI is InChI=1S/C27H41N5O7/c1-7-13-38-16-19-14-20(11-10-18(19)15-33)30-23(34)21(9-8-12-29-25(28)36)31-24(35)22(17(2)3)39-26(37)32-27(4,5)6/h1,10-11,14,17,21-22,33H,8-9,12-13,15-16H2,2-6H3,(H,30,34)(H,31,35)(H,32,37)(H3,28,29,36)/t21-,22-/m0/s1. The van der Waals surface area contributed by atoms with E-state index < -0.39 is 41.6 Å². The Hall–Kier alpha value is -3.82. The number of benzene rings is 1. The summed E-state index contributed by atoms with van der Waals surface area (Å²) < 4.78 is 10.7. The average molecular weight is 548 g/mol. The number of hydrogen-bond acceptors (Lipinski definition) is 7. The highest BCUT2D eigenvalue weighted by Crippen LogP contribution is 2.18. The molecular weight excluding hydrogens is 506 g/mol. The van der Waals surface area contributed by atoms with E-state index >= 15 is 0 Å². The third kappa shape index (κ3) is 13.0. The Labute approximate surface area is 229 Å². The van der Waals surface area contributed by atoms with Crippen molar-refractivity contribution in [3.05, 3.63) is 29.3 Å². The summed E-state index contributed by atoms with van der Waals surface area (Å²) in [5.74, 6) is 0.807. The van der Waals surface area contributed by atoms with Gasteiger partial charge in [-0.1, -0.05) is 25.8 Å². The van der Waals surface area contributed by atoms with Crippen molar-refractivity contribution in [3.8, 4) is 12.3 Å². The fourth-order valence-electron chi connectivity index (χ4n) is 3.43. The number of alkyl carbamates (subject to hydrolysis) is 1. The van der Waals surface area contributed by atoms with Gasteiger partial charge in [0.25, 0.3) is 5.91 Å². The van der Waals surface area contributed by atoms with Gasteiger partial charge < -0.3 is 41.6 Å². The molecule has 12 nitrogen and oxygen atoms in total. The van der Waals surface area contributed by atoms with E-state index in [9.17, 15) is 24.3 Å². The molecule has 5 amide bonds. The normalized spacial score (nSPS) is 12.6. The molecule has 39 heavy (non-hydrogen) atoms. The van der Waals surface area contributed by atoms with E-state index in [1.807, 2.05) is 0 Å². The summed E-state index contributed by atoms with van der Waals surface area (Å²) in [6, 6.07) is 3.16. The highest BCUT2D eigenvalue weighted by molar-refractivity contribution is 5.98. The number of aliphatic hydroxyl groups excluding tert-OH is 1. The van der Waals surface area contributed by atoms with Gasteiger partial charge in [0.05, 0.1) is 13.2 Å². The van der Waals surface area contributed by atoms with Gasteiger partial charge in [0.2, 0.25) is 5.91 Å². The van der Waals surface area contributed by atoms with Crippen LogP contribution >= 0.6 is 0 Å². The quantitative estimate of drug-likeness (QED) is 0.151. The lowest BCUT2D eigenvalue weighted by atomic mass is 10.0. The number of primary amides is 1. The van der Waals surface area contributed by atoms with E-state index in [1.165, 1.54) is 0 Å². The molecule has 0 heterocycles. The van der Waals surface area contributed by atoms with Gasteiger partial charge in [0.15, 0.2) is 6.10 Å². The number of rotatable bonds is 14. The summed E-state index contributed by atoms with van der Waals surface area (Å²) >= 11 is 0.